The van der Waals surface area contributed by atoms with Crippen molar-refractivity contribution in [3.63, 3.8) is 0 Å². The van der Waals surface area contributed by atoms with E-state index in [2.05, 4.69) is 27.3 Å². The Kier molecular flexibility index (Phi) is 6.29. The molecule has 0 radical (unpaired) electrons. The van der Waals surface area contributed by atoms with Gasteiger partial charge in [0.05, 0.1) is 10.7 Å². The van der Waals surface area contributed by atoms with Gasteiger partial charge in [0, 0.05) is 48.3 Å². The van der Waals surface area contributed by atoms with Crippen LogP contribution < -0.4 is 5.32 Å². The fourth-order valence-corrected chi connectivity index (χ4v) is 4.33. The van der Waals surface area contributed by atoms with Crippen LogP contribution in [-0.4, -0.2) is 40.4 Å². The molecule has 2 heterocycles. The van der Waals surface area contributed by atoms with Crippen molar-refractivity contribution in [1.82, 2.24) is 9.88 Å². The van der Waals surface area contributed by atoms with Crippen LogP contribution in [0.2, 0.25) is 0 Å². The van der Waals surface area contributed by atoms with Crippen molar-refractivity contribution in [3.05, 3.63) is 51.5 Å². The average molecular weight is 374 g/mol. The predicted octanol–water partition coefficient (Wildman–Crippen LogP) is 3.96. The lowest BCUT2D eigenvalue weighted by Gasteiger charge is -2.26. The summed E-state index contributed by atoms with van der Waals surface area (Å²) in [6, 6.07) is 6.28. The first-order valence-electron chi connectivity index (χ1n) is 8.41. The van der Waals surface area contributed by atoms with Crippen molar-refractivity contribution in [2.24, 2.45) is 0 Å². The maximum Gasteiger partial charge on any atom is 0.248 e. The van der Waals surface area contributed by atoms with E-state index in [4.69, 9.17) is 0 Å². The number of rotatable bonds is 5. The number of carbonyl (C=O) groups excluding carboxylic acids is 1. The molecular formula is C19H23N3OS2. The van der Waals surface area contributed by atoms with Crippen LogP contribution >= 0.6 is 23.1 Å². The van der Waals surface area contributed by atoms with E-state index < -0.39 is 0 Å². The van der Waals surface area contributed by atoms with E-state index in [1.54, 1.807) is 17.4 Å². The van der Waals surface area contributed by atoms with E-state index in [9.17, 15) is 4.79 Å². The fourth-order valence-electron chi connectivity index (χ4n) is 2.77. The number of anilines is 1. The number of nitrogens with one attached hydrogen (secondary N) is 1. The molecule has 4 nitrogen and oxygen atoms in total. The van der Waals surface area contributed by atoms with E-state index in [-0.39, 0.29) is 5.91 Å². The van der Waals surface area contributed by atoms with Crippen molar-refractivity contribution >= 4 is 40.8 Å². The molecule has 0 aliphatic carbocycles. The largest absolute Gasteiger partial charge is 0.322 e. The molecule has 0 bridgehead atoms. The predicted molar refractivity (Wildman–Crippen MR) is 108 cm³/mol. The average Bonchev–Trinajstić information content (AvgIpc) is 3.02. The monoisotopic (exact) mass is 373 g/mol. The SMILES string of the molecule is Cc1nc(C=CC(=O)Nc2ccc(CN3CCSCC3)cc2C)cs1. The second-order valence-corrected chi connectivity index (χ2v) is 8.44. The first kappa shape index (κ1) is 18.2. The minimum absolute atomic E-state index is 0.130. The Morgan fingerprint density at radius 2 is 2.12 bits per heavy atom. The molecule has 1 aromatic heterocycles. The van der Waals surface area contributed by atoms with Gasteiger partial charge in [-0.1, -0.05) is 12.1 Å². The molecule has 0 unspecified atom stereocenters. The number of hydrogen-bond donors (Lipinski definition) is 1. The molecule has 1 amide bonds. The molecule has 3 rings (SSSR count). The summed E-state index contributed by atoms with van der Waals surface area (Å²) in [4.78, 5) is 18.9. The second-order valence-electron chi connectivity index (χ2n) is 6.15. The number of hydrogen-bond acceptors (Lipinski definition) is 5. The topological polar surface area (TPSA) is 45.2 Å². The Hall–Kier alpha value is -1.63. The maximum absolute atomic E-state index is 12.1. The normalized spacial score (nSPS) is 15.6. The number of thiazole rings is 1. The number of carbonyl (C=O) groups is 1. The first-order chi connectivity index (χ1) is 12.1. The Morgan fingerprint density at radius 3 is 2.80 bits per heavy atom. The van der Waals surface area contributed by atoms with Crippen LogP contribution in [0.4, 0.5) is 5.69 Å². The molecule has 132 valence electrons. The summed E-state index contributed by atoms with van der Waals surface area (Å²) in [6.45, 7) is 7.29. The van der Waals surface area contributed by atoms with Crippen molar-refractivity contribution in [2.45, 2.75) is 20.4 Å². The van der Waals surface area contributed by atoms with Gasteiger partial charge in [0.2, 0.25) is 5.91 Å². The molecule has 1 N–H and O–H groups in total. The van der Waals surface area contributed by atoms with Crippen LogP contribution in [0.25, 0.3) is 6.08 Å². The molecule has 1 aliphatic rings. The lowest BCUT2D eigenvalue weighted by atomic mass is 10.1. The van der Waals surface area contributed by atoms with Gasteiger partial charge in [-0.25, -0.2) is 4.98 Å². The number of aryl methyl sites for hydroxylation is 2. The van der Waals surface area contributed by atoms with Gasteiger partial charge >= 0.3 is 0 Å². The zero-order chi connectivity index (χ0) is 17.6. The highest BCUT2D eigenvalue weighted by Crippen LogP contribution is 2.19. The smallest absolute Gasteiger partial charge is 0.248 e. The van der Waals surface area contributed by atoms with E-state index >= 15 is 0 Å². The highest BCUT2D eigenvalue weighted by atomic mass is 32.2. The summed E-state index contributed by atoms with van der Waals surface area (Å²) >= 11 is 3.61. The molecule has 1 saturated heterocycles. The van der Waals surface area contributed by atoms with Crippen molar-refractivity contribution in [1.29, 1.82) is 0 Å². The van der Waals surface area contributed by atoms with Crippen molar-refractivity contribution in [2.75, 3.05) is 29.9 Å². The summed E-state index contributed by atoms with van der Waals surface area (Å²) in [7, 11) is 0. The fraction of sp³-hybridized carbons (Fsp3) is 0.368. The molecule has 0 saturated carbocycles. The lowest BCUT2D eigenvalue weighted by molar-refractivity contribution is -0.111. The Labute approximate surface area is 157 Å². The van der Waals surface area contributed by atoms with Crippen LogP contribution in [0.5, 0.6) is 0 Å². The molecule has 1 fully saturated rings. The summed E-state index contributed by atoms with van der Waals surface area (Å²) < 4.78 is 0. The highest BCUT2D eigenvalue weighted by Gasteiger charge is 2.11. The van der Waals surface area contributed by atoms with Gasteiger partial charge in [-0.05, 0) is 37.1 Å². The Balaban J connectivity index is 1.58. The summed E-state index contributed by atoms with van der Waals surface area (Å²) in [5, 5.41) is 5.89. The second kappa shape index (κ2) is 8.65. The molecule has 6 heteroatoms. The lowest BCUT2D eigenvalue weighted by Crippen LogP contribution is -2.31. The van der Waals surface area contributed by atoms with Crippen LogP contribution in [0.15, 0.2) is 29.7 Å². The van der Waals surface area contributed by atoms with Crippen LogP contribution in [-0.2, 0) is 11.3 Å². The van der Waals surface area contributed by atoms with E-state index in [0.717, 1.165) is 41.6 Å². The van der Waals surface area contributed by atoms with Gasteiger partial charge in [-0.3, -0.25) is 9.69 Å². The third-order valence-corrected chi connectivity index (χ3v) is 5.84. The Morgan fingerprint density at radius 1 is 1.32 bits per heavy atom. The minimum atomic E-state index is -0.130. The number of aromatic nitrogens is 1. The van der Waals surface area contributed by atoms with Gasteiger partial charge in [0.25, 0.3) is 0 Å². The first-order valence-corrected chi connectivity index (χ1v) is 10.4. The highest BCUT2D eigenvalue weighted by molar-refractivity contribution is 7.99. The number of amides is 1. The molecule has 25 heavy (non-hydrogen) atoms. The van der Waals surface area contributed by atoms with E-state index in [1.807, 2.05) is 37.1 Å². The molecule has 2 aromatic rings. The van der Waals surface area contributed by atoms with E-state index in [0.29, 0.717) is 0 Å². The van der Waals surface area contributed by atoms with Crippen molar-refractivity contribution in [3.8, 4) is 0 Å². The number of thioether (sulfide) groups is 1. The number of nitrogens with zero attached hydrogens (tertiary/aromatic N) is 2. The van der Waals surface area contributed by atoms with Gasteiger partial charge in [0.1, 0.15) is 0 Å². The van der Waals surface area contributed by atoms with Gasteiger partial charge < -0.3 is 5.32 Å². The third kappa shape index (κ3) is 5.42. The van der Waals surface area contributed by atoms with Crippen LogP contribution in [0, 0.1) is 13.8 Å². The van der Waals surface area contributed by atoms with Crippen molar-refractivity contribution < 1.29 is 4.79 Å². The molecule has 0 spiro atoms. The zero-order valence-electron chi connectivity index (χ0n) is 14.6. The quantitative estimate of drug-likeness (QED) is 0.806. The summed E-state index contributed by atoms with van der Waals surface area (Å²) in [5.41, 5.74) is 4.08. The van der Waals surface area contributed by atoms with Gasteiger partial charge in [-0.15, -0.1) is 11.3 Å². The third-order valence-electron chi connectivity index (χ3n) is 4.10. The molecule has 1 aliphatic heterocycles. The maximum atomic E-state index is 12.1. The van der Waals surface area contributed by atoms with E-state index in [1.165, 1.54) is 23.1 Å². The zero-order valence-corrected chi connectivity index (χ0v) is 16.3. The van der Waals surface area contributed by atoms with Gasteiger partial charge in [-0.2, -0.15) is 11.8 Å². The van der Waals surface area contributed by atoms with Gasteiger partial charge in [0.15, 0.2) is 0 Å². The molecule has 0 atom stereocenters. The summed E-state index contributed by atoms with van der Waals surface area (Å²) in [5.74, 6) is 2.31. The number of benzene rings is 1. The van der Waals surface area contributed by atoms with Crippen LogP contribution in [0.1, 0.15) is 21.8 Å². The summed E-state index contributed by atoms with van der Waals surface area (Å²) in [6.07, 6.45) is 3.28. The van der Waals surface area contributed by atoms with Crippen LogP contribution in [0.3, 0.4) is 0 Å². The molecular weight excluding hydrogens is 350 g/mol. The molecule has 1 aromatic carbocycles. The minimum Gasteiger partial charge on any atom is -0.322 e. The standard InChI is InChI=1S/C19H23N3OS2/c1-14-11-16(12-22-7-9-24-10-8-22)3-5-18(14)21-19(23)6-4-17-13-25-15(2)20-17/h3-6,11,13H,7-10,12H2,1-2H3,(H,21,23). The Bertz CT molecular complexity index is 764.